The maximum absolute atomic E-state index is 13.0. The molecular formula is C23H16BrF3N4O2. The molecule has 0 atom stereocenters. The standard InChI is InChI=1S/C23H16BrF3N4O2/c24-20-8-5-16(12-19(20)23(25,26)27)31-22(32)30-15-3-6-17(7-4-15)33-21-18-11-14(28)2-1-13(18)9-10-29-21/h1-12H,28H2,(H2,30,31,32). The summed E-state index contributed by atoms with van der Waals surface area (Å²) in [5, 5.41) is 6.62. The molecule has 0 aliphatic rings. The molecule has 0 aliphatic heterocycles. The number of ether oxygens (including phenoxy) is 1. The van der Waals surface area contributed by atoms with Crippen LogP contribution in [0.4, 0.5) is 35.0 Å². The first-order valence-corrected chi connectivity index (χ1v) is 10.4. The van der Waals surface area contributed by atoms with Gasteiger partial charge in [0, 0.05) is 33.1 Å². The van der Waals surface area contributed by atoms with E-state index in [9.17, 15) is 18.0 Å². The lowest BCUT2D eigenvalue weighted by atomic mass is 10.1. The molecule has 4 aromatic rings. The van der Waals surface area contributed by atoms with Crippen molar-refractivity contribution in [3.63, 3.8) is 0 Å². The van der Waals surface area contributed by atoms with Crippen molar-refractivity contribution >= 4 is 49.8 Å². The minimum absolute atomic E-state index is 0.00396. The summed E-state index contributed by atoms with van der Waals surface area (Å²) in [6, 6.07) is 16.5. The van der Waals surface area contributed by atoms with Crippen LogP contribution in [-0.4, -0.2) is 11.0 Å². The highest BCUT2D eigenvalue weighted by Crippen LogP contribution is 2.36. The first-order chi connectivity index (χ1) is 15.7. The molecule has 1 aromatic heterocycles. The molecule has 33 heavy (non-hydrogen) atoms. The largest absolute Gasteiger partial charge is 0.438 e. The van der Waals surface area contributed by atoms with Gasteiger partial charge in [0.2, 0.25) is 5.88 Å². The van der Waals surface area contributed by atoms with Crippen LogP contribution in [0.15, 0.2) is 77.4 Å². The first-order valence-electron chi connectivity index (χ1n) is 9.56. The lowest BCUT2D eigenvalue weighted by Crippen LogP contribution is -2.19. The van der Waals surface area contributed by atoms with Gasteiger partial charge in [0.25, 0.3) is 0 Å². The van der Waals surface area contributed by atoms with Gasteiger partial charge in [-0.1, -0.05) is 22.0 Å². The molecule has 0 radical (unpaired) electrons. The number of rotatable bonds is 4. The van der Waals surface area contributed by atoms with Crippen LogP contribution in [0.2, 0.25) is 0 Å². The predicted octanol–water partition coefficient (Wildman–Crippen LogP) is 7.03. The van der Waals surface area contributed by atoms with Crippen molar-refractivity contribution in [2.45, 2.75) is 6.18 Å². The zero-order valence-corrected chi connectivity index (χ0v) is 18.4. The fraction of sp³-hybridized carbons (Fsp3) is 0.0435. The fourth-order valence-electron chi connectivity index (χ4n) is 3.07. The molecule has 0 unspecified atom stereocenters. The van der Waals surface area contributed by atoms with E-state index in [1.807, 2.05) is 12.1 Å². The number of pyridine rings is 1. The molecule has 0 fully saturated rings. The summed E-state index contributed by atoms with van der Waals surface area (Å²) in [6.07, 6.45) is -2.92. The second-order valence-electron chi connectivity index (χ2n) is 6.99. The molecule has 0 bridgehead atoms. The number of nitrogens with two attached hydrogens (primary N) is 1. The van der Waals surface area contributed by atoms with Crippen molar-refractivity contribution in [1.82, 2.24) is 4.98 Å². The number of nitrogens with zero attached hydrogens (tertiary/aromatic N) is 1. The molecule has 0 aliphatic carbocycles. The van der Waals surface area contributed by atoms with Gasteiger partial charge in [0.05, 0.1) is 5.56 Å². The third-order valence-electron chi connectivity index (χ3n) is 4.61. The quantitative estimate of drug-likeness (QED) is 0.254. The van der Waals surface area contributed by atoms with Crippen LogP contribution in [0.5, 0.6) is 11.6 Å². The highest BCUT2D eigenvalue weighted by atomic mass is 79.9. The van der Waals surface area contributed by atoms with Crippen LogP contribution < -0.4 is 21.1 Å². The van der Waals surface area contributed by atoms with E-state index in [1.54, 1.807) is 42.6 Å². The maximum atomic E-state index is 13.0. The predicted molar refractivity (Wildman–Crippen MR) is 124 cm³/mol. The Kier molecular flexibility index (Phi) is 6.10. The molecule has 168 valence electrons. The lowest BCUT2D eigenvalue weighted by Gasteiger charge is -2.13. The first kappa shape index (κ1) is 22.4. The summed E-state index contributed by atoms with van der Waals surface area (Å²) >= 11 is 2.86. The van der Waals surface area contributed by atoms with Crippen molar-refractivity contribution < 1.29 is 22.7 Å². The average molecular weight is 517 g/mol. The molecule has 4 rings (SSSR count). The molecule has 2 amide bonds. The number of nitrogens with one attached hydrogen (secondary N) is 2. The number of carbonyl (C=O) groups is 1. The van der Waals surface area contributed by atoms with E-state index < -0.39 is 17.8 Å². The Hall–Kier alpha value is -3.79. The number of hydrogen-bond acceptors (Lipinski definition) is 4. The van der Waals surface area contributed by atoms with E-state index >= 15 is 0 Å². The zero-order valence-electron chi connectivity index (χ0n) is 16.8. The van der Waals surface area contributed by atoms with E-state index in [-0.39, 0.29) is 10.2 Å². The van der Waals surface area contributed by atoms with Gasteiger partial charge in [-0.2, -0.15) is 13.2 Å². The summed E-state index contributed by atoms with van der Waals surface area (Å²) in [5.41, 5.74) is 5.98. The summed E-state index contributed by atoms with van der Waals surface area (Å²) in [7, 11) is 0. The highest BCUT2D eigenvalue weighted by molar-refractivity contribution is 9.10. The topological polar surface area (TPSA) is 89.3 Å². The lowest BCUT2D eigenvalue weighted by molar-refractivity contribution is -0.138. The van der Waals surface area contributed by atoms with E-state index in [0.29, 0.717) is 23.0 Å². The molecule has 6 nitrogen and oxygen atoms in total. The number of hydrogen-bond donors (Lipinski definition) is 3. The molecule has 0 saturated carbocycles. The third kappa shape index (κ3) is 5.35. The number of carbonyl (C=O) groups excluding carboxylic acids is 1. The number of alkyl halides is 3. The second kappa shape index (κ2) is 8.99. The van der Waals surface area contributed by atoms with Crippen molar-refractivity contribution in [3.8, 4) is 11.6 Å². The summed E-state index contributed by atoms with van der Waals surface area (Å²) < 4.78 is 44.8. The van der Waals surface area contributed by atoms with Crippen molar-refractivity contribution in [2.75, 3.05) is 16.4 Å². The number of anilines is 3. The van der Waals surface area contributed by atoms with Crippen LogP contribution in [0.25, 0.3) is 10.8 Å². The normalized spacial score (nSPS) is 11.3. The summed E-state index contributed by atoms with van der Waals surface area (Å²) in [4.78, 5) is 16.5. The van der Waals surface area contributed by atoms with Crippen LogP contribution in [0.3, 0.4) is 0 Å². The maximum Gasteiger partial charge on any atom is 0.417 e. The van der Waals surface area contributed by atoms with Gasteiger partial charge >= 0.3 is 12.2 Å². The number of urea groups is 1. The van der Waals surface area contributed by atoms with E-state index in [1.165, 1.54) is 12.1 Å². The van der Waals surface area contributed by atoms with Crippen LogP contribution in [0.1, 0.15) is 5.56 Å². The van der Waals surface area contributed by atoms with Gasteiger partial charge in [-0.15, -0.1) is 0 Å². The molecule has 0 saturated heterocycles. The van der Waals surface area contributed by atoms with E-state index in [2.05, 4.69) is 31.5 Å². The van der Waals surface area contributed by atoms with E-state index in [4.69, 9.17) is 10.5 Å². The summed E-state index contributed by atoms with van der Waals surface area (Å²) in [5.74, 6) is 0.861. The molecule has 10 heteroatoms. The van der Waals surface area contributed by atoms with Crippen LogP contribution in [0, 0.1) is 0 Å². The van der Waals surface area contributed by atoms with Crippen molar-refractivity contribution in [1.29, 1.82) is 0 Å². The Labute approximate surface area is 194 Å². The van der Waals surface area contributed by atoms with E-state index in [0.717, 1.165) is 16.8 Å². The Morgan fingerprint density at radius 2 is 1.64 bits per heavy atom. The molecule has 3 aromatic carbocycles. The van der Waals surface area contributed by atoms with Gasteiger partial charge < -0.3 is 21.1 Å². The number of halogens is 4. The number of nitrogen functional groups attached to an aromatic ring is 1. The molecule has 4 N–H and O–H groups in total. The highest BCUT2D eigenvalue weighted by Gasteiger charge is 2.33. The molecular weight excluding hydrogens is 501 g/mol. The number of amides is 2. The zero-order chi connectivity index (χ0) is 23.6. The third-order valence-corrected chi connectivity index (χ3v) is 5.30. The SMILES string of the molecule is Nc1ccc2ccnc(Oc3ccc(NC(=O)Nc4ccc(Br)c(C(F)(F)F)c4)cc3)c2c1. The fourth-order valence-corrected chi connectivity index (χ4v) is 3.54. The Morgan fingerprint density at radius 3 is 2.36 bits per heavy atom. The average Bonchev–Trinajstić information content (AvgIpc) is 2.76. The minimum atomic E-state index is -4.55. The summed E-state index contributed by atoms with van der Waals surface area (Å²) in [6.45, 7) is 0. The Morgan fingerprint density at radius 1 is 0.939 bits per heavy atom. The number of aromatic nitrogens is 1. The van der Waals surface area contributed by atoms with Crippen molar-refractivity contribution in [2.24, 2.45) is 0 Å². The van der Waals surface area contributed by atoms with Crippen LogP contribution >= 0.6 is 15.9 Å². The molecule has 1 heterocycles. The van der Waals surface area contributed by atoms with Gasteiger partial charge in [-0.3, -0.25) is 0 Å². The monoisotopic (exact) mass is 516 g/mol. The van der Waals surface area contributed by atoms with Gasteiger partial charge in [0.1, 0.15) is 5.75 Å². The number of benzene rings is 3. The van der Waals surface area contributed by atoms with Gasteiger partial charge in [-0.25, -0.2) is 9.78 Å². The second-order valence-corrected chi connectivity index (χ2v) is 7.85. The Balaban J connectivity index is 1.43. The van der Waals surface area contributed by atoms with Gasteiger partial charge in [-0.05, 0) is 66.0 Å². The van der Waals surface area contributed by atoms with Crippen LogP contribution in [-0.2, 0) is 6.18 Å². The molecule has 0 spiro atoms. The smallest absolute Gasteiger partial charge is 0.417 e. The van der Waals surface area contributed by atoms with Gasteiger partial charge in [0.15, 0.2) is 0 Å². The number of fused-ring (bicyclic) bond motifs is 1. The van der Waals surface area contributed by atoms with Crippen molar-refractivity contribution in [3.05, 3.63) is 83.0 Å². The Bertz CT molecular complexity index is 1330. The minimum Gasteiger partial charge on any atom is -0.438 e.